The van der Waals surface area contributed by atoms with E-state index in [0.717, 1.165) is 45.3 Å². The Bertz CT molecular complexity index is 895. The maximum atomic E-state index is 11.8. The normalized spacial score (nSPS) is 23.5. The molecule has 0 spiro atoms. The van der Waals surface area contributed by atoms with Crippen LogP contribution in [0.5, 0.6) is 0 Å². The number of carbonyl (C=O) groups is 1. The molecule has 1 fully saturated rings. The van der Waals surface area contributed by atoms with Gasteiger partial charge in [-0.3, -0.25) is 4.79 Å². The monoisotopic (exact) mass is 429 g/mol. The van der Waals surface area contributed by atoms with E-state index in [-0.39, 0.29) is 25.0 Å². The van der Waals surface area contributed by atoms with Crippen molar-refractivity contribution in [2.75, 3.05) is 5.32 Å². The first-order valence-corrected chi connectivity index (χ1v) is 10.3. The predicted octanol–water partition coefficient (Wildman–Crippen LogP) is 4.69. The molecule has 4 nitrogen and oxygen atoms in total. The van der Waals surface area contributed by atoms with Crippen molar-refractivity contribution in [2.45, 2.75) is 51.4 Å². The first kappa shape index (κ1) is 18.7. The van der Waals surface area contributed by atoms with Crippen LogP contribution in [0.3, 0.4) is 0 Å². The van der Waals surface area contributed by atoms with Crippen LogP contribution in [-0.2, 0) is 13.2 Å². The summed E-state index contributed by atoms with van der Waals surface area (Å²) in [6, 6.07) is 10.0. The molecular formula is C22H24BrNO3. The second kappa shape index (κ2) is 7.38. The number of hydrogen-bond donors (Lipinski definition) is 3. The third kappa shape index (κ3) is 3.22. The number of Topliss-reactive ketones (excluding diaryl/α,β-unsaturated/α-hetero) is 1. The van der Waals surface area contributed by atoms with Crippen LogP contribution in [0.25, 0.3) is 0 Å². The summed E-state index contributed by atoms with van der Waals surface area (Å²) in [6.07, 6.45) is 3.45. The number of rotatable bonds is 4. The summed E-state index contributed by atoms with van der Waals surface area (Å²) in [4.78, 5) is 11.8. The molecule has 0 bridgehead atoms. The van der Waals surface area contributed by atoms with E-state index in [1.54, 1.807) is 6.92 Å². The van der Waals surface area contributed by atoms with Crippen LogP contribution >= 0.6 is 15.9 Å². The van der Waals surface area contributed by atoms with Gasteiger partial charge in [0.25, 0.3) is 0 Å². The quantitative estimate of drug-likeness (QED) is 0.616. The van der Waals surface area contributed by atoms with E-state index < -0.39 is 0 Å². The average Bonchev–Trinajstić information content (AvgIpc) is 3.17. The second-order valence-corrected chi connectivity index (χ2v) is 8.49. The van der Waals surface area contributed by atoms with Gasteiger partial charge < -0.3 is 15.5 Å². The van der Waals surface area contributed by atoms with E-state index in [2.05, 4.69) is 27.3 Å². The minimum absolute atomic E-state index is 0.0877. The van der Waals surface area contributed by atoms with Crippen LogP contribution in [0.1, 0.15) is 70.8 Å². The van der Waals surface area contributed by atoms with Gasteiger partial charge in [-0.2, -0.15) is 0 Å². The number of benzene rings is 2. The zero-order valence-electron chi connectivity index (χ0n) is 15.3. The summed E-state index contributed by atoms with van der Waals surface area (Å²) in [5.74, 6) is 0.986. The smallest absolute Gasteiger partial charge is 0.159 e. The predicted molar refractivity (Wildman–Crippen MR) is 109 cm³/mol. The van der Waals surface area contributed by atoms with E-state index >= 15 is 0 Å². The first-order chi connectivity index (χ1) is 13.0. The van der Waals surface area contributed by atoms with Crippen LogP contribution in [0.4, 0.5) is 5.69 Å². The van der Waals surface area contributed by atoms with Crippen molar-refractivity contribution in [3.05, 3.63) is 62.6 Å². The zero-order chi connectivity index (χ0) is 19.1. The van der Waals surface area contributed by atoms with Crippen LogP contribution < -0.4 is 5.32 Å². The maximum Gasteiger partial charge on any atom is 0.159 e. The van der Waals surface area contributed by atoms with Gasteiger partial charge in [-0.15, -0.1) is 0 Å². The third-order valence-corrected chi connectivity index (χ3v) is 6.85. The fraction of sp³-hybridized carbons (Fsp3) is 0.409. The highest BCUT2D eigenvalue weighted by Gasteiger charge is 2.41. The standard InChI is InChI=1S/C22H24BrNO3/c1-12(27)13-5-6-21-18(7-13)16-3-2-4-17(16)22(24-21)19-8-14(10-25)15(11-26)9-20(19)23/h5-9,16-17,22,24-26H,2-4,10-11H2,1H3/t16-,17+,22-/m1/s1. The van der Waals surface area contributed by atoms with Crippen molar-refractivity contribution in [1.29, 1.82) is 0 Å². The van der Waals surface area contributed by atoms with E-state index in [1.807, 2.05) is 24.3 Å². The van der Waals surface area contributed by atoms with E-state index in [4.69, 9.17) is 0 Å². The molecule has 2 aliphatic rings. The van der Waals surface area contributed by atoms with Gasteiger partial charge in [0.05, 0.1) is 19.3 Å². The van der Waals surface area contributed by atoms with Crippen molar-refractivity contribution < 1.29 is 15.0 Å². The maximum absolute atomic E-state index is 11.8. The van der Waals surface area contributed by atoms with E-state index in [9.17, 15) is 15.0 Å². The minimum Gasteiger partial charge on any atom is -0.392 e. The molecular weight excluding hydrogens is 406 g/mol. The molecule has 142 valence electrons. The van der Waals surface area contributed by atoms with Gasteiger partial charge in [0.1, 0.15) is 0 Å². The molecule has 0 saturated heterocycles. The first-order valence-electron chi connectivity index (χ1n) is 9.47. The molecule has 3 N–H and O–H groups in total. The molecule has 0 unspecified atom stereocenters. The lowest BCUT2D eigenvalue weighted by molar-refractivity contribution is 0.101. The summed E-state index contributed by atoms with van der Waals surface area (Å²) >= 11 is 3.68. The Hall–Kier alpha value is -1.69. The Morgan fingerprint density at radius 1 is 1.11 bits per heavy atom. The van der Waals surface area contributed by atoms with Gasteiger partial charge in [0, 0.05) is 15.7 Å². The van der Waals surface area contributed by atoms with Crippen LogP contribution in [0.2, 0.25) is 0 Å². The third-order valence-electron chi connectivity index (χ3n) is 6.16. The number of halogens is 1. The fourth-order valence-electron chi connectivity index (χ4n) is 4.79. The van der Waals surface area contributed by atoms with Gasteiger partial charge in [0.15, 0.2) is 5.78 Å². The number of aliphatic hydroxyl groups is 2. The van der Waals surface area contributed by atoms with Gasteiger partial charge >= 0.3 is 0 Å². The molecule has 2 aromatic carbocycles. The highest BCUT2D eigenvalue weighted by Crippen LogP contribution is 2.53. The molecule has 1 heterocycles. The largest absolute Gasteiger partial charge is 0.392 e. The van der Waals surface area contributed by atoms with Gasteiger partial charge in [-0.1, -0.05) is 22.4 Å². The van der Waals surface area contributed by atoms with Crippen LogP contribution in [0, 0.1) is 5.92 Å². The number of ketones is 1. The second-order valence-electron chi connectivity index (χ2n) is 7.64. The molecule has 1 aliphatic carbocycles. The lowest BCUT2D eigenvalue weighted by Gasteiger charge is -2.38. The minimum atomic E-state index is -0.0878. The number of aliphatic hydroxyl groups excluding tert-OH is 2. The van der Waals surface area contributed by atoms with E-state index in [1.165, 1.54) is 12.0 Å². The zero-order valence-corrected chi connectivity index (χ0v) is 16.9. The number of nitrogens with one attached hydrogen (secondary N) is 1. The summed E-state index contributed by atoms with van der Waals surface area (Å²) in [5, 5.41) is 23.0. The number of hydrogen-bond acceptors (Lipinski definition) is 4. The highest BCUT2D eigenvalue weighted by molar-refractivity contribution is 9.10. The lowest BCUT2D eigenvalue weighted by atomic mass is 9.76. The Balaban J connectivity index is 1.79. The van der Waals surface area contributed by atoms with Gasteiger partial charge in [0.2, 0.25) is 0 Å². The topological polar surface area (TPSA) is 69.6 Å². The number of anilines is 1. The fourth-order valence-corrected chi connectivity index (χ4v) is 5.43. The summed E-state index contributed by atoms with van der Waals surface area (Å²) in [6.45, 7) is 1.44. The molecule has 0 radical (unpaired) electrons. The Labute approximate surface area is 167 Å². The Morgan fingerprint density at radius 2 is 1.85 bits per heavy atom. The van der Waals surface area contributed by atoms with Crippen molar-refractivity contribution in [3.63, 3.8) is 0 Å². The summed E-state index contributed by atoms with van der Waals surface area (Å²) < 4.78 is 0.954. The number of carbonyl (C=O) groups excluding carboxylic acids is 1. The molecule has 1 aliphatic heterocycles. The molecule has 27 heavy (non-hydrogen) atoms. The number of fused-ring (bicyclic) bond motifs is 3. The SMILES string of the molecule is CC(=O)c1ccc2c(c1)[C@@H]1CCC[C@@H]1[C@H](c1cc(CO)c(CO)cc1Br)N2. The van der Waals surface area contributed by atoms with Crippen molar-refractivity contribution in [3.8, 4) is 0 Å². The molecule has 2 aromatic rings. The van der Waals surface area contributed by atoms with Crippen molar-refractivity contribution in [1.82, 2.24) is 0 Å². The molecule has 3 atom stereocenters. The lowest BCUT2D eigenvalue weighted by Crippen LogP contribution is -2.29. The molecule has 0 aromatic heterocycles. The molecule has 1 saturated carbocycles. The Morgan fingerprint density at radius 3 is 2.56 bits per heavy atom. The van der Waals surface area contributed by atoms with Crippen molar-refractivity contribution >= 4 is 27.4 Å². The van der Waals surface area contributed by atoms with Gasteiger partial charge in [-0.05, 0) is 84.2 Å². The van der Waals surface area contributed by atoms with Crippen LogP contribution in [-0.4, -0.2) is 16.0 Å². The van der Waals surface area contributed by atoms with E-state index in [0.29, 0.717) is 11.8 Å². The molecule has 4 rings (SSSR count). The average molecular weight is 430 g/mol. The molecule has 0 amide bonds. The summed E-state index contributed by atoms with van der Waals surface area (Å²) in [7, 11) is 0. The summed E-state index contributed by atoms with van der Waals surface area (Å²) in [5.41, 5.74) is 5.76. The highest BCUT2D eigenvalue weighted by atomic mass is 79.9. The van der Waals surface area contributed by atoms with Gasteiger partial charge in [-0.25, -0.2) is 0 Å². The Kier molecular flexibility index (Phi) is 5.10. The molecule has 5 heteroatoms. The van der Waals surface area contributed by atoms with Crippen LogP contribution in [0.15, 0.2) is 34.8 Å². The van der Waals surface area contributed by atoms with Crippen molar-refractivity contribution in [2.24, 2.45) is 5.92 Å².